The number of aromatic nitrogens is 1. The Morgan fingerprint density at radius 2 is 2.27 bits per heavy atom. The Kier molecular flexibility index (Phi) is 1.43. The molecule has 0 spiro atoms. The molecule has 1 heterocycles. The third-order valence-corrected chi connectivity index (χ3v) is 2.29. The maximum atomic E-state index is 7.61. The SMILES string of the molecule is [2H]c1[nH]c2ccccc2c1CBr. The molecule has 0 saturated heterocycles. The van der Waals surface area contributed by atoms with E-state index in [9.17, 15) is 0 Å². The van der Waals surface area contributed by atoms with Crippen molar-refractivity contribution in [3.05, 3.63) is 36.0 Å². The van der Waals surface area contributed by atoms with Crippen LogP contribution in [0.4, 0.5) is 0 Å². The summed E-state index contributed by atoms with van der Waals surface area (Å²) < 4.78 is 7.61. The van der Waals surface area contributed by atoms with E-state index in [0.717, 1.165) is 21.8 Å². The average Bonchev–Trinajstić information content (AvgIpc) is 2.40. The van der Waals surface area contributed by atoms with Crippen LogP contribution in [0.25, 0.3) is 10.9 Å². The van der Waals surface area contributed by atoms with Gasteiger partial charge in [0.25, 0.3) is 0 Å². The summed E-state index contributed by atoms with van der Waals surface area (Å²) in [5.41, 5.74) is 2.07. The van der Waals surface area contributed by atoms with Crippen molar-refractivity contribution >= 4 is 26.8 Å². The molecule has 2 heteroatoms. The number of benzene rings is 1. The molecule has 0 amide bonds. The van der Waals surface area contributed by atoms with E-state index in [0.29, 0.717) is 6.17 Å². The van der Waals surface area contributed by atoms with E-state index in [1.165, 1.54) is 0 Å². The predicted octanol–water partition coefficient (Wildman–Crippen LogP) is 3.06. The third kappa shape index (κ3) is 1.07. The van der Waals surface area contributed by atoms with Gasteiger partial charge in [-0.1, -0.05) is 34.1 Å². The van der Waals surface area contributed by atoms with Crippen LogP contribution < -0.4 is 0 Å². The number of H-pyrrole nitrogens is 1. The summed E-state index contributed by atoms with van der Waals surface area (Å²) in [4.78, 5) is 3.01. The highest BCUT2D eigenvalue weighted by atomic mass is 79.9. The summed E-state index contributed by atoms with van der Waals surface area (Å²) in [5, 5.41) is 1.87. The van der Waals surface area contributed by atoms with E-state index < -0.39 is 0 Å². The van der Waals surface area contributed by atoms with Gasteiger partial charge in [0, 0.05) is 22.4 Å². The topological polar surface area (TPSA) is 15.8 Å². The minimum Gasteiger partial charge on any atom is -0.361 e. The molecule has 0 bridgehead atoms. The lowest BCUT2D eigenvalue weighted by Crippen LogP contribution is -1.70. The molecule has 0 unspecified atom stereocenters. The summed E-state index contributed by atoms with van der Waals surface area (Å²) in [5.74, 6) is 0. The predicted molar refractivity (Wildman–Crippen MR) is 50.9 cm³/mol. The van der Waals surface area contributed by atoms with Gasteiger partial charge in [0.05, 0.1) is 1.37 Å². The average molecular weight is 211 g/mol. The molecule has 2 aromatic rings. The molecular weight excluding hydrogens is 202 g/mol. The number of halogens is 1. The molecule has 0 aliphatic heterocycles. The van der Waals surface area contributed by atoms with Gasteiger partial charge in [-0.25, -0.2) is 0 Å². The monoisotopic (exact) mass is 210 g/mol. The molecule has 11 heavy (non-hydrogen) atoms. The van der Waals surface area contributed by atoms with Crippen LogP contribution in [0.3, 0.4) is 0 Å². The molecule has 1 aromatic carbocycles. The second kappa shape index (κ2) is 2.70. The molecule has 0 aliphatic carbocycles. The molecule has 56 valence electrons. The van der Waals surface area contributed by atoms with Gasteiger partial charge in [0.2, 0.25) is 0 Å². The largest absolute Gasteiger partial charge is 0.361 e. The van der Waals surface area contributed by atoms with Crippen LogP contribution >= 0.6 is 15.9 Å². The standard InChI is InChI=1S/C9H8BrN/c10-5-7-6-11-9-4-2-1-3-8(7)9/h1-4,6,11H,5H2/i6D. The van der Waals surface area contributed by atoms with Crippen LogP contribution in [0.5, 0.6) is 0 Å². The molecule has 0 aliphatic rings. The molecule has 0 saturated carbocycles. The van der Waals surface area contributed by atoms with Gasteiger partial charge in [-0.05, 0) is 11.6 Å². The van der Waals surface area contributed by atoms with E-state index in [4.69, 9.17) is 1.37 Å². The summed E-state index contributed by atoms with van der Waals surface area (Å²) in [6.45, 7) is 0. The Morgan fingerprint density at radius 3 is 3.09 bits per heavy atom. The van der Waals surface area contributed by atoms with Crippen molar-refractivity contribution in [2.75, 3.05) is 0 Å². The van der Waals surface area contributed by atoms with Crippen LogP contribution in [0, 0.1) is 0 Å². The van der Waals surface area contributed by atoms with Crippen molar-refractivity contribution in [1.82, 2.24) is 4.98 Å². The summed E-state index contributed by atoms with van der Waals surface area (Å²) in [6, 6.07) is 7.97. The van der Waals surface area contributed by atoms with Crippen LogP contribution in [0.2, 0.25) is 0 Å². The number of rotatable bonds is 1. The third-order valence-electron chi connectivity index (χ3n) is 1.73. The van der Waals surface area contributed by atoms with E-state index in [2.05, 4.69) is 20.9 Å². The molecule has 1 nitrogen and oxygen atoms in total. The zero-order valence-corrected chi connectivity index (χ0v) is 7.48. The summed E-state index contributed by atoms with van der Waals surface area (Å²) in [7, 11) is 0. The summed E-state index contributed by atoms with van der Waals surface area (Å²) in [6.07, 6.45) is 0.507. The minimum absolute atomic E-state index is 0.507. The van der Waals surface area contributed by atoms with Gasteiger partial charge < -0.3 is 4.98 Å². The first-order valence-corrected chi connectivity index (χ1v) is 4.57. The molecule has 2 rings (SSSR count). The van der Waals surface area contributed by atoms with E-state index in [1.54, 1.807) is 0 Å². The van der Waals surface area contributed by atoms with Crippen molar-refractivity contribution in [2.45, 2.75) is 5.33 Å². The lowest BCUT2D eigenvalue weighted by Gasteiger charge is -1.89. The number of alkyl halides is 1. The first kappa shape index (κ1) is 5.84. The quantitative estimate of drug-likeness (QED) is 0.697. The van der Waals surface area contributed by atoms with Crippen molar-refractivity contribution in [2.24, 2.45) is 0 Å². The Morgan fingerprint density at radius 1 is 1.45 bits per heavy atom. The molecule has 1 aromatic heterocycles. The summed E-state index contributed by atoms with van der Waals surface area (Å²) >= 11 is 3.37. The highest BCUT2D eigenvalue weighted by Gasteiger charge is 1.98. The van der Waals surface area contributed by atoms with Crippen LogP contribution in [0.1, 0.15) is 6.93 Å². The van der Waals surface area contributed by atoms with Crippen LogP contribution in [-0.2, 0) is 5.33 Å². The molecule has 0 radical (unpaired) electrons. The Labute approximate surface area is 75.0 Å². The molecule has 0 atom stereocenters. The fourth-order valence-electron chi connectivity index (χ4n) is 1.17. The Hall–Kier alpha value is -0.760. The minimum atomic E-state index is 0.507. The number of para-hydroxylation sites is 1. The van der Waals surface area contributed by atoms with Gasteiger partial charge in [0.1, 0.15) is 0 Å². The first-order valence-electron chi connectivity index (χ1n) is 3.95. The lowest BCUT2D eigenvalue weighted by atomic mass is 10.2. The molecular formula is C9H8BrN. The van der Waals surface area contributed by atoms with Gasteiger partial charge >= 0.3 is 0 Å². The number of fused-ring (bicyclic) bond motifs is 1. The number of hydrogen-bond donors (Lipinski definition) is 1. The van der Waals surface area contributed by atoms with Gasteiger partial charge in [-0.3, -0.25) is 0 Å². The maximum Gasteiger partial charge on any atom is 0.0819 e. The molecule has 1 N–H and O–H groups in total. The number of aromatic amines is 1. The van der Waals surface area contributed by atoms with Crippen molar-refractivity contribution < 1.29 is 1.37 Å². The smallest absolute Gasteiger partial charge is 0.0819 e. The van der Waals surface area contributed by atoms with Crippen molar-refractivity contribution in [3.63, 3.8) is 0 Å². The van der Waals surface area contributed by atoms with Gasteiger partial charge in [0.15, 0.2) is 0 Å². The highest BCUT2D eigenvalue weighted by Crippen LogP contribution is 2.19. The van der Waals surface area contributed by atoms with Crippen molar-refractivity contribution in [3.8, 4) is 0 Å². The lowest BCUT2D eigenvalue weighted by molar-refractivity contribution is 1.41. The van der Waals surface area contributed by atoms with Gasteiger partial charge in [-0.2, -0.15) is 0 Å². The van der Waals surface area contributed by atoms with E-state index in [-0.39, 0.29) is 0 Å². The van der Waals surface area contributed by atoms with Crippen LogP contribution in [-0.4, -0.2) is 4.98 Å². The first-order chi connectivity index (χ1) is 5.83. The number of nitrogens with one attached hydrogen (secondary N) is 1. The maximum absolute atomic E-state index is 7.61. The zero-order chi connectivity index (χ0) is 8.55. The molecule has 0 fully saturated rings. The Balaban J connectivity index is 2.81. The second-order valence-corrected chi connectivity index (χ2v) is 2.97. The highest BCUT2D eigenvalue weighted by molar-refractivity contribution is 9.08. The number of hydrogen-bond acceptors (Lipinski definition) is 0. The fourth-order valence-corrected chi connectivity index (χ4v) is 1.61. The van der Waals surface area contributed by atoms with Crippen molar-refractivity contribution in [1.29, 1.82) is 0 Å². The zero-order valence-electron chi connectivity index (χ0n) is 6.89. The van der Waals surface area contributed by atoms with E-state index in [1.807, 2.05) is 24.3 Å². The normalized spacial score (nSPS) is 11.9. The van der Waals surface area contributed by atoms with Gasteiger partial charge in [-0.15, -0.1) is 0 Å². The fraction of sp³-hybridized carbons (Fsp3) is 0.111. The van der Waals surface area contributed by atoms with Crippen LogP contribution in [0.15, 0.2) is 30.4 Å². The second-order valence-electron chi connectivity index (χ2n) is 2.41. The Bertz CT molecular complexity index is 408. The van der Waals surface area contributed by atoms with E-state index >= 15 is 0 Å².